The Morgan fingerprint density at radius 1 is 1.12 bits per heavy atom. The number of benzene rings is 1. The van der Waals surface area contributed by atoms with E-state index in [1.165, 1.54) is 29.4 Å². The Bertz CT molecular complexity index is 1010. The fourth-order valence-corrected chi connectivity index (χ4v) is 4.37. The molecule has 9 heteroatoms. The first-order chi connectivity index (χ1) is 15.8. The third-order valence-electron chi connectivity index (χ3n) is 6.13. The van der Waals surface area contributed by atoms with E-state index in [0.29, 0.717) is 19.4 Å². The molecule has 2 aromatic rings. The zero-order valence-electron chi connectivity index (χ0n) is 18.8. The molecule has 1 N–H and O–H groups in total. The van der Waals surface area contributed by atoms with Gasteiger partial charge in [-0.15, -0.1) is 0 Å². The van der Waals surface area contributed by atoms with Crippen LogP contribution in [0.1, 0.15) is 47.6 Å². The van der Waals surface area contributed by atoms with Crippen LogP contribution in [-0.2, 0) is 9.53 Å². The number of rotatable bonds is 5. The van der Waals surface area contributed by atoms with Crippen LogP contribution >= 0.6 is 0 Å². The van der Waals surface area contributed by atoms with Gasteiger partial charge in [-0.1, -0.05) is 26.0 Å². The summed E-state index contributed by atoms with van der Waals surface area (Å²) in [5.41, 5.74) is -1.04. The smallest absolute Gasteiger partial charge is 0.292 e. The number of hydrogen-bond acceptors (Lipinski definition) is 5. The Hall–Kier alpha value is -3.20. The van der Waals surface area contributed by atoms with Gasteiger partial charge >= 0.3 is 0 Å². The highest BCUT2D eigenvalue weighted by atomic mass is 19.1. The quantitative estimate of drug-likeness (QED) is 0.745. The molecule has 4 rings (SSSR count). The second-order valence-corrected chi connectivity index (χ2v) is 8.84. The molecule has 33 heavy (non-hydrogen) atoms. The van der Waals surface area contributed by atoms with Crippen molar-refractivity contribution >= 4 is 17.7 Å². The second-order valence-electron chi connectivity index (χ2n) is 8.84. The van der Waals surface area contributed by atoms with Crippen molar-refractivity contribution in [1.29, 1.82) is 0 Å². The number of furan rings is 1. The summed E-state index contributed by atoms with van der Waals surface area (Å²) in [6, 6.07) is 8.21. The Morgan fingerprint density at radius 3 is 2.48 bits per heavy atom. The van der Waals surface area contributed by atoms with Gasteiger partial charge < -0.3 is 19.4 Å². The van der Waals surface area contributed by atoms with Crippen molar-refractivity contribution in [3.63, 3.8) is 0 Å². The van der Waals surface area contributed by atoms with Crippen LogP contribution in [0, 0.1) is 11.7 Å². The molecule has 0 bridgehead atoms. The molecule has 3 heterocycles. The number of nitrogens with one attached hydrogen (secondary N) is 1. The maximum absolute atomic E-state index is 14.1. The van der Waals surface area contributed by atoms with E-state index in [9.17, 15) is 18.8 Å². The highest BCUT2D eigenvalue weighted by Gasteiger charge is 2.54. The first-order valence-electron chi connectivity index (χ1n) is 11.1. The number of halogens is 1. The molecule has 3 amide bonds. The fourth-order valence-electron chi connectivity index (χ4n) is 4.37. The van der Waals surface area contributed by atoms with E-state index in [-0.39, 0.29) is 42.8 Å². The van der Waals surface area contributed by atoms with E-state index in [2.05, 4.69) is 5.32 Å². The second kappa shape index (κ2) is 9.35. The molecule has 2 aliphatic rings. The summed E-state index contributed by atoms with van der Waals surface area (Å²) in [5, 5.41) is 2.88. The summed E-state index contributed by atoms with van der Waals surface area (Å²) in [6.45, 7) is 5.03. The van der Waals surface area contributed by atoms with Crippen LogP contribution < -0.4 is 5.32 Å². The van der Waals surface area contributed by atoms with E-state index in [1.54, 1.807) is 23.1 Å². The third kappa shape index (κ3) is 4.50. The molecule has 176 valence electrons. The molecule has 0 radical (unpaired) electrons. The van der Waals surface area contributed by atoms with Gasteiger partial charge in [-0.2, -0.15) is 0 Å². The van der Waals surface area contributed by atoms with Gasteiger partial charge in [0.05, 0.1) is 18.4 Å². The first-order valence-corrected chi connectivity index (χ1v) is 11.1. The Labute approximate surface area is 191 Å². The highest BCUT2D eigenvalue weighted by molar-refractivity contribution is 5.97. The molecule has 1 aromatic carbocycles. The summed E-state index contributed by atoms with van der Waals surface area (Å²) in [7, 11) is 0. The lowest BCUT2D eigenvalue weighted by Gasteiger charge is -2.44. The molecule has 2 saturated heterocycles. The molecule has 0 unspecified atom stereocenters. The van der Waals surface area contributed by atoms with Crippen LogP contribution in [0.4, 0.5) is 4.39 Å². The predicted octanol–water partition coefficient (Wildman–Crippen LogP) is 2.66. The number of ether oxygens (including phenoxy) is 1. The summed E-state index contributed by atoms with van der Waals surface area (Å²) >= 11 is 0. The lowest BCUT2D eigenvalue weighted by Crippen LogP contribution is -2.60. The van der Waals surface area contributed by atoms with Crippen LogP contribution in [0.5, 0.6) is 0 Å². The van der Waals surface area contributed by atoms with Crippen molar-refractivity contribution < 1.29 is 27.9 Å². The minimum atomic E-state index is -1.05. The minimum absolute atomic E-state index is 0.00949. The van der Waals surface area contributed by atoms with E-state index < -0.39 is 29.4 Å². The van der Waals surface area contributed by atoms with E-state index in [4.69, 9.17) is 9.15 Å². The van der Waals surface area contributed by atoms with Crippen molar-refractivity contribution in [2.24, 2.45) is 5.92 Å². The van der Waals surface area contributed by atoms with Gasteiger partial charge in [0.2, 0.25) is 5.91 Å². The normalized spacial score (nSPS) is 19.8. The Balaban J connectivity index is 1.54. The molecule has 1 spiro atoms. The number of piperidine rings is 1. The lowest BCUT2D eigenvalue weighted by molar-refractivity contribution is -0.128. The van der Waals surface area contributed by atoms with Crippen LogP contribution in [0.3, 0.4) is 0 Å². The molecule has 1 atom stereocenters. The average molecular weight is 458 g/mol. The maximum Gasteiger partial charge on any atom is 0.292 e. The van der Waals surface area contributed by atoms with Gasteiger partial charge in [0.15, 0.2) is 5.76 Å². The first kappa shape index (κ1) is 23.0. The van der Waals surface area contributed by atoms with Crippen molar-refractivity contribution in [3.8, 4) is 0 Å². The van der Waals surface area contributed by atoms with Gasteiger partial charge in [-0.3, -0.25) is 19.3 Å². The molecular formula is C24H28FN3O5. The Morgan fingerprint density at radius 2 is 1.85 bits per heavy atom. The van der Waals surface area contributed by atoms with Crippen LogP contribution in [0.2, 0.25) is 0 Å². The van der Waals surface area contributed by atoms with Gasteiger partial charge in [-0.25, -0.2) is 4.39 Å². The Kier molecular flexibility index (Phi) is 6.51. The van der Waals surface area contributed by atoms with E-state index >= 15 is 0 Å². The number of hydrogen-bond donors (Lipinski definition) is 1. The molecule has 8 nitrogen and oxygen atoms in total. The summed E-state index contributed by atoms with van der Waals surface area (Å²) < 4.78 is 25.5. The monoisotopic (exact) mass is 457 g/mol. The van der Waals surface area contributed by atoms with E-state index in [0.717, 1.165) is 0 Å². The van der Waals surface area contributed by atoms with Crippen LogP contribution in [-0.4, -0.2) is 65.5 Å². The number of nitrogens with zero attached hydrogens (tertiary/aromatic N) is 2. The van der Waals surface area contributed by atoms with Crippen LogP contribution in [0.25, 0.3) is 0 Å². The van der Waals surface area contributed by atoms with Crippen molar-refractivity contribution in [3.05, 3.63) is 59.8 Å². The number of carbonyl (C=O) groups excluding carboxylic acids is 3. The molecule has 2 aliphatic heterocycles. The van der Waals surface area contributed by atoms with Gasteiger partial charge in [-0.05, 0) is 30.2 Å². The molecular weight excluding hydrogens is 429 g/mol. The van der Waals surface area contributed by atoms with Gasteiger partial charge in [0.1, 0.15) is 17.6 Å². The summed E-state index contributed by atoms with van der Waals surface area (Å²) in [6.07, 6.45) is 2.00. The highest BCUT2D eigenvalue weighted by Crippen LogP contribution is 2.39. The zero-order valence-corrected chi connectivity index (χ0v) is 18.8. The fraction of sp³-hybridized carbons (Fsp3) is 0.458. The van der Waals surface area contributed by atoms with E-state index in [1.807, 2.05) is 13.8 Å². The van der Waals surface area contributed by atoms with Crippen molar-refractivity contribution in [2.45, 2.75) is 38.5 Å². The lowest BCUT2D eigenvalue weighted by atomic mass is 9.96. The summed E-state index contributed by atoms with van der Waals surface area (Å²) in [5.74, 6) is -1.33. The largest absolute Gasteiger partial charge is 0.459 e. The van der Waals surface area contributed by atoms with Gasteiger partial charge in [0.25, 0.3) is 11.8 Å². The topological polar surface area (TPSA) is 92.1 Å². The summed E-state index contributed by atoms with van der Waals surface area (Å²) in [4.78, 5) is 42.1. The molecule has 0 saturated carbocycles. The van der Waals surface area contributed by atoms with Crippen molar-refractivity contribution in [2.75, 3.05) is 26.2 Å². The number of likely N-dealkylation sites (tertiary alicyclic amines) is 1. The maximum atomic E-state index is 14.1. The molecule has 2 fully saturated rings. The van der Waals surface area contributed by atoms with Gasteiger partial charge in [0, 0.05) is 32.5 Å². The zero-order chi connectivity index (χ0) is 23.6. The number of carbonyl (C=O) groups is 3. The SMILES string of the molecule is CC(C)CNC(=O)[C@@H]1COC2(CCN(C(=O)c3ccccc3F)CC2)N1C(=O)c1ccco1. The average Bonchev–Trinajstić information content (AvgIpc) is 3.46. The van der Waals surface area contributed by atoms with Crippen molar-refractivity contribution in [1.82, 2.24) is 15.1 Å². The third-order valence-corrected chi connectivity index (χ3v) is 6.13. The molecule has 1 aromatic heterocycles. The minimum Gasteiger partial charge on any atom is -0.459 e. The number of amides is 3. The molecule has 0 aliphatic carbocycles. The van der Waals surface area contributed by atoms with Crippen LogP contribution in [0.15, 0.2) is 47.1 Å². The predicted molar refractivity (Wildman–Crippen MR) is 117 cm³/mol. The standard InChI is InChI=1S/C24H28FN3O5/c1-16(2)14-26-21(29)19-15-33-24(28(19)23(31)20-8-5-13-32-20)9-11-27(12-10-24)22(30)17-6-3-4-7-18(17)25/h3-8,13,16,19H,9-12,14-15H2,1-2H3,(H,26,29)/t19-/m0/s1.